The van der Waals surface area contributed by atoms with Gasteiger partial charge >= 0.3 is 0 Å². The Hall–Kier alpha value is -3.13. The van der Waals surface area contributed by atoms with Gasteiger partial charge in [0.25, 0.3) is 5.91 Å². The first-order chi connectivity index (χ1) is 14.9. The van der Waals surface area contributed by atoms with Crippen molar-refractivity contribution in [3.63, 3.8) is 0 Å². The van der Waals surface area contributed by atoms with Gasteiger partial charge in [-0.05, 0) is 44.0 Å². The Balaban J connectivity index is 1.30. The third-order valence-electron chi connectivity index (χ3n) is 5.72. The van der Waals surface area contributed by atoms with Crippen molar-refractivity contribution in [3.8, 4) is 5.75 Å². The predicted molar refractivity (Wildman–Crippen MR) is 118 cm³/mol. The smallest absolute Gasteiger partial charge is 0.274 e. The average molecular weight is 423 g/mol. The van der Waals surface area contributed by atoms with Crippen molar-refractivity contribution in [2.75, 3.05) is 26.2 Å². The minimum absolute atomic E-state index is 0.0253. The molecule has 0 spiro atoms. The second-order valence-electron chi connectivity index (χ2n) is 8.26. The summed E-state index contributed by atoms with van der Waals surface area (Å²) >= 11 is 0. The van der Waals surface area contributed by atoms with Gasteiger partial charge in [-0.25, -0.2) is 4.68 Å². The van der Waals surface area contributed by atoms with Crippen LogP contribution in [0.2, 0.25) is 0 Å². The summed E-state index contributed by atoms with van der Waals surface area (Å²) in [6, 6.07) is 7.88. The van der Waals surface area contributed by atoms with Crippen molar-refractivity contribution in [1.29, 1.82) is 0 Å². The third-order valence-corrected chi connectivity index (χ3v) is 5.72. The van der Waals surface area contributed by atoms with Gasteiger partial charge in [0.05, 0.1) is 5.69 Å². The highest BCUT2D eigenvalue weighted by atomic mass is 16.5. The maximum absolute atomic E-state index is 12.9. The Kier molecular flexibility index (Phi) is 6.08. The predicted octanol–water partition coefficient (Wildman–Crippen LogP) is 2.54. The number of amides is 1. The summed E-state index contributed by atoms with van der Waals surface area (Å²) in [4.78, 5) is 17.1. The molecule has 3 aromatic rings. The van der Waals surface area contributed by atoms with E-state index in [4.69, 9.17) is 4.74 Å². The zero-order valence-electron chi connectivity index (χ0n) is 18.7. The lowest BCUT2D eigenvalue weighted by Gasteiger charge is -2.34. The number of ether oxygens (including phenoxy) is 1. The third kappa shape index (κ3) is 4.96. The molecule has 2 aromatic heterocycles. The van der Waals surface area contributed by atoms with E-state index >= 15 is 0 Å². The number of hydrogen-bond acceptors (Lipinski definition) is 5. The molecule has 8 heteroatoms. The Bertz CT molecular complexity index is 1060. The van der Waals surface area contributed by atoms with Crippen molar-refractivity contribution >= 4 is 5.91 Å². The normalized spacial score (nSPS) is 14.8. The molecule has 1 amide bonds. The fourth-order valence-corrected chi connectivity index (χ4v) is 3.86. The van der Waals surface area contributed by atoms with Crippen LogP contribution < -0.4 is 4.74 Å². The SMILES string of the molecule is Cc1ccc(C)c(OCn2ccc(C(=O)N3CCN(Cc4cn(C)nc4C)CC3)n2)c1. The standard InChI is InChI=1S/C23H30N6O2/c1-17-5-6-18(2)22(13-17)31-16-29-8-7-21(25-29)23(30)28-11-9-27(10-12-28)15-20-14-26(4)24-19(20)3/h5-8,13-14H,9-12,15-16H2,1-4H3. The number of aromatic nitrogens is 4. The summed E-state index contributed by atoms with van der Waals surface area (Å²) in [5.41, 5.74) is 4.99. The minimum Gasteiger partial charge on any atom is -0.471 e. The number of benzene rings is 1. The largest absolute Gasteiger partial charge is 0.471 e. The van der Waals surface area contributed by atoms with E-state index in [-0.39, 0.29) is 12.6 Å². The Morgan fingerprint density at radius 1 is 1.06 bits per heavy atom. The van der Waals surface area contributed by atoms with E-state index in [0.29, 0.717) is 18.8 Å². The maximum Gasteiger partial charge on any atom is 0.274 e. The molecule has 1 saturated heterocycles. The Morgan fingerprint density at radius 2 is 1.84 bits per heavy atom. The van der Waals surface area contributed by atoms with Crippen LogP contribution >= 0.6 is 0 Å². The van der Waals surface area contributed by atoms with E-state index in [1.807, 2.05) is 49.5 Å². The van der Waals surface area contributed by atoms with Crippen LogP contribution in [0.3, 0.4) is 0 Å². The summed E-state index contributed by atoms with van der Waals surface area (Å²) in [7, 11) is 1.94. The van der Waals surface area contributed by atoms with Gasteiger partial charge in [0.1, 0.15) is 5.75 Å². The van der Waals surface area contributed by atoms with E-state index in [1.165, 1.54) is 5.56 Å². The van der Waals surface area contributed by atoms with Gasteiger partial charge in [-0.1, -0.05) is 12.1 Å². The first kappa shape index (κ1) is 21.1. The zero-order valence-corrected chi connectivity index (χ0v) is 18.7. The summed E-state index contributed by atoms with van der Waals surface area (Å²) in [6.45, 7) is 10.3. The number of carbonyl (C=O) groups is 1. The van der Waals surface area contributed by atoms with Crippen molar-refractivity contribution in [2.45, 2.75) is 34.0 Å². The highest BCUT2D eigenvalue weighted by molar-refractivity contribution is 5.92. The number of hydrogen-bond donors (Lipinski definition) is 0. The van der Waals surface area contributed by atoms with Crippen LogP contribution in [-0.4, -0.2) is 61.4 Å². The summed E-state index contributed by atoms with van der Waals surface area (Å²) < 4.78 is 9.40. The van der Waals surface area contributed by atoms with Crippen LogP contribution in [0.15, 0.2) is 36.7 Å². The number of rotatable bonds is 6. The molecule has 1 aliphatic rings. The van der Waals surface area contributed by atoms with Crippen LogP contribution in [0.4, 0.5) is 0 Å². The molecule has 0 unspecified atom stereocenters. The highest BCUT2D eigenvalue weighted by Crippen LogP contribution is 2.19. The first-order valence-electron chi connectivity index (χ1n) is 10.6. The number of carbonyl (C=O) groups excluding carboxylic acids is 1. The fraction of sp³-hybridized carbons (Fsp3) is 0.435. The summed E-state index contributed by atoms with van der Waals surface area (Å²) in [5.74, 6) is 0.811. The molecule has 4 rings (SSSR count). The zero-order chi connectivity index (χ0) is 22.0. The van der Waals surface area contributed by atoms with E-state index in [0.717, 1.165) is 42.2 Å². The van der Waals surface area contributed by atoms with Gasteiger partial charge in [0.2, 0.25) is 0 Å². The van der Waals surface area contributed by atoms with Gasteiger partial charge in [-0.3, -0.25) is 14.4 Å². The van der Waals surface area contributed by atoms with Crippen LogP contribution in [0.5, 0.6) is 5.75 Å². The molecule has 1 aromatic carbocycles. The second-order valence-corrected chi connectivity index (χ2v) is 8.26. The van der Waals surface area contributed by atoms with Gasteiger partial charge < -0.3 is 9.64 Å². The molecule has 0 aliphatic carbocycles. The first-order valence-corrected chi connectivity index (χ1v) is 10.6. The van der Waals surface area contributed by atoms with Crippen molar-refractivity contribution in [2.24, 2.45) is 7.05 Å². The lowest BCUT2D eigenvalue weighted by atomic mass is 10.1. The summed E-state index contributed by atoms with van der Waals surface area (Å²) in [6.07, 6.45) is 3.86. The molecule has 1 fully saturated rings. The highest BCUT2D eigenvalue weighted by Gasteiger charge is 2.24. The topological polar surface area (TPSA) is 68.4 Å². The molecule has 8 nitrogen and oxygen atoms in total. The van der Waals surface area contributed by atoms with Crippen LogP contribution in [0.1, 0.15) is 32.9 Å². The van der Waals surface area contributed by atoms with Crippen LogP contribution in [-0.2, 0) is 20.3 Å². The van der Waals surface area contributed by atoms with Gasteiger partial charge in [-0.2, -0.15) is 10.2 Å². The lowest BCUT2D eigenvalue weighted by molar-refractivity contribution is 0.0620. The van der Waals surface area contributed by atoms with Gasteiger partial charge in [0, 0.05) is 57.7 Å². The second kappa shape index (κ2) is 8.93. The van der Waals surface area contributed by atoms with E-state index in [9.17, 15) is 4.79 Å². The van der Waals surface area contributed by atoms with Crippen LogP contribution in [0, 0.1) is 20.8 Å². The van der Waals surface area contributed by atoms with Crippen molar-refractivity contribution in [1.82, 2.24) is 29.4 Å². The van der Waals surface area contributed by atoms with E-state index < -0.39 is 0 Å². The molecule has 0 bridgehead atoms. The van der Waals surface area contributed by atoms with E-state index in [2.05, 4.69) is 27.4 Å². The molecule has 0 N–H and O–H groups in total. The molecule has 0 radical (unpaired) electrons. The molecular weight excluding hydrogens is 392 g/mol. The number of piperazine rings is 1. The molecular formula is C23H30N6O2. The quantitative estimate of drug-likeness (QED) is 0.611. The minimum atomic E-state index is -0.0253. The Labute approximate surface area is 183 Å². The van der Waals surface area contributed by atoms with Crippen LogP contribution in [0.25, 0.3) is 0 Å². The molecule has 0 saturated carbocycles. The lowest BCUT2D eigenvalue weighted by Crippen LogP contribution is -2.48. The Morgan fingerprint density at radius 3 is 2.55 bits per heavy atom. The monoisotopic (exact) mass is 422 g/mol. The maximum atomic E-state index is 12.9. The number of aryl methyl sites for hydroxylation is 4. The average Bonchev–Trinajstić information content (AvgIpc) is 3.35. The van der Waals surface area contributed by atoms with Gasteiger partial charge in [0.15, 0.2) is 12.4 Å². The summed E-state index contributed by atoms with van der Waals surface area (Å²) in [5, 5.41) is 8.84. The molecule has 164 valence electrons. The fourth-order valence-electron chi connectivity index (χ4n) is 3.86. The molecule has 1 aliphatic heterocycles. The van der Waals surface area contributed by atoms with Crippen molar-refractivity contribution < 1.29 is 9.53 Å². The van der Waals surface area contributed by atoms with E-state index in [1.54, 1.807) is 16.9 Å². The molecule has 3 heterocycles. The number of nitrogens with zero attached hydrogens (tertiary/aromatic N) is 6. The van der Waals surface area contributed by atoms with Crippen molar-refractivity contribution in [3.05, 3.63) is 64.7 Å². The van der Waals surface area contributed by atoms with Gasteiger partial charge in [-0.15, -0.1) is 0 Å². The molecule has 0 atom stereocenters. The molecule has 31 heavy (non-hydrogen) atoms.